The molecular weight excluding hydrogens is 611 g/mol. The Hall–Kier alpha value is 0.820. The third-order valence-corrected chi connectivity index (χ3v) is 39.2. The van der Waals surface area contributed by atoms with Gasteiger partial charge in [0.05, 0.1) is 0 Å². The van der Waals surface area contributed by atoms with E-state index < -0.39 is 39.8 Å². The van der Waals surface area contributed by atoms with Gasteiger partial charge in [0.25, 0.3) is 0 Å². The van der Waals surface area contributed by atoms with Crippen molar-refractivity contribution in [3.05, 3.63) is 19.7 Å². The predicted octanol–water partition coefficient (Wildman–Crippen LogP) is 12.1. The molecule has 0 aliphatic carbocycles. The minimum absolute atomic E-state index is 0.0463. The van der Waals surface area contributed by atoms with Crippen molar-refractivity contribution in [2.75, 3.05) is 0 Å². The van der Waals surface area contributed by atoms with Crippen molar-refractivity contribution in [2.45, 2.75) is 161 Å². The number of hydrogen-bond acceptors (Lipinski definition) is 0. The molecule has 0 nitrogen and oxygen atoms in total. The molecule has 0 amide bonds. The molecule has 0 fully saturated rings. The number of halogens is 1. The molecule has 0 aliphatic rings. The first-order valence-electron chi connectivity index (χ1n) is 14.8. The van der Waals surface area contributed by atoms with Crippen molar-refractivity contribution in [3.63, 3.8) is 0 Å². The van der Waals surface area contributed by atoms with Gasteiger partial charge in [-0.25, -0.2) is 0 Å². The van der Waals surface area contributed by atoms with Gasteiger partial charge in [-0.2, -0.15) is 0 Å². The molecule has 0 saturated carbocycles. The van der Waals surface area contributed by atoms with Crippen LogP contribution in [-0.2, 0) is 0 Å². The molecular formula is C34H65ClGa2Si. The van der Waals surface area contributed by atoms with E-state index in [1.165, 1.54) is 0 Å². The molecule has 0 saturated heterocycles. The van der Waals surface area contributed by atoms with E-state index in [1.54, 1.807) is 7.50 Å². The summed E-state index contributed by atoms with van der Waals surface area (Å²) < 4.78 is 4.20. The van der Waals surface area contributed by atoms with Crippen molar-refractivity contribution < 1.29 is 0 Å². The molecule has 0 radical (unpaired) electrons. The van der Waals surface area contributed by atoms with E-state index in [0.29, 0.717) is 0 Å². The van der Waals surface area contributed by atoms with Gasteiger partial charge in [0.15, 0.2) is 0 Å². The maximum atomic E-state index is 8.53. The summed E-state index contributed by atoms with van der Waals surface area (Å²) in [5, 5.41) is 0. The van der Waals surface area contributed by atoms with Gasteiger partial charge in [0, 0.05) is 0 Å². The van der Waals surface area contributed by atoms with E-state index in [0.717, 1.165) is 0 Å². The quantitative estimate of drug-likeness (QED) is 0.158. The molecule has 4 heteroatoms. The number of rotatable bonds is 4. The van der Waals surface area contributed by atoms with Gasteiger partial charge in [-0.1, -0.05) is 0 Å². The molecule has 0 atom stereocenters. The Labute approximate surface area is 257 Å². The fourth-order valence-electron chi connectivity index (χ4n) is 6.75. The van der Waals surface area contributed by atoms with E-state index in [4.69, 9.17) is 11.1 Å². The van der Waals surface area contributed by atoms with Gasteiger partial charge in [-0.3, -0.25) is 0 Å². The molecule has 0 bridgehead atoms. The van der Waals surface area contributed by atoms with Crippen LogP contribution in [0.25, 0.3) is 0 Å². The summed E-state index contributed by atoms with van der Waals surface area (Å²) >= 11 is 3.91. The molecule has 0 unspecified atom stereocenters. The Kier molecular flexibility index (Phi) is 12.5. The Bertz CT molecular complexity index is 838. The summed E-state index contributed by atoms with van der Waals surface area (Å²) in [4.78, 5) is 0. The Morgan fingerprint density at radius 2 is 0.737 bits per heavy atom. The first-order valence-corrected chi connectivity index (χ1v) is 25.1. The standard InChI is InChI=1S/C18H29ClSi.4C4H9.2Ga/c1-16(2,3)10-13-20(19,14-11-17(4,5)6)15-12-18(7,8)9;4*1-4(2)3;;/h10-11H,1-9H3;4*1-3H3;;. The Balaban J connectivity index is 8.57. The summed E-state index contributed by atoms with van der Waals surface area (Å²) in [6.45, 7) is 50.7. The van der Waals surface area contributed by atoms with Gasteiger partial charge in [-0.05, 0) is 0 Å². The van der Waals surface area contributed by atoms with Crippen LogP contribution in [0.2, 0.25) is 15.9 Å². The zero-order chi connectivity index (χ0) is 31.1. The zero-order valence-electron chi connectivity index (χ0n) is 29.7. The SMILES string of the molecule is CC(C)(C)C#C[Si](Cl)(/[C](=C/C(C)(C)C)[Ga]([C](C)(C)C)[C](C)(C)C)/[C](=C/C(C)(C)C)[Ga]([C](C)(C)C)[C](C)(C)C. The Morgan fingerprint density at radius 1 is 0.500 bits per heavy atom. The summed E-state index contributed by atoms with van der Waals surface area (Å²) in [7, 11) is -2.90. The van der Waals surface area contributed by atoms with Crippen molar-refractivity contribution in [1.82, 2.24) is 0 Å². The van der Waals surface area contributed by atoms with Gasteiger partial charge in [0.2, 0.25) is 0 Å². The van der Waals surface area contributed by atoms with Crippen LogP contribution < -0.4 is 0 Å². The van der Waals surface area contributed by atoms with Crippen molar-refractivity contribution in [2.24, 2.45) is 16.2 Å². The first-order chi connectivity index (χ1) is 16.1. The third kappa shape index (κ3) is 12.4. The minimum atomic E-state index is -2.90. The molecule has 0 spiro atoms. The number of allylic oxidation sites excluding steroid dienone is 2. The molecule has 0 aliphatic heterocycles. The van der Waals surface area contributed by atoms with Crippen LogP contribution in [-0.4, -0.2) is 39.8 Å². The van der Waals surface area contributed by atoms with E-state index >= 15 is 0 Å². The fourth-order valence-corrected chi connectivity index (χ4v) is 54.6. The van der Waals surface area contributed by atoms with Crippen LogP contribution in [0, 0.1) is 27.7 Å². The normalized spacial score (nSPS) is 15.7. The van der Waals surface area contributed by atoms with Gasteiger partial charge < -0.3 is 0 Å². The monoisotopic (exact) mass is 674 g/mol. The van der Waals surface area contributed by atoms with Gasteiger partial charge in [-0.15, -0.1) is 0 Å². The predicted molar refractivity (Wildman–Crippen MR) is 184 cm³/mol. The summed E-state index contributed by atoms with van der Waals surface area (Å²) in [5.74, 6) is 3.77. The second-order valence-corrected chi connectivity index (χ2v) is 47.0. The fraction of sp³-hybridized carbons (Fsp3) is 0.824. The number of hydrogen-bond donors (Lipinski definition) is 0. The molecule has 0 aromatic heterocycles. The molecule has 0 N–H and O–H groups in total. The average molecular weight is 677 g/mol. The van der Waals surface area contributed by atoms with Crippen LogP contribution in [0.4, 0.5) is 0 Å². The molecule has 0 aromatic carbocycles. The van der Waals surface area contributed by atoms with Crippen LogP contribution in [0.5, 0.6) is 0 Å². The molecule has 218 valence electrons. The van der Waals surface area contributed by atoms with Crippen LogP contribution in [0.15, 0.2) is 19.7 Å². The second-order valence-electron chi connectivity index (χ2n) is 19.4. The van der Waals surface area contributed by atoms with Gasteiger partial charge in [0.1, 0.15) is 0 Å². The molecule has 0 heterocycles. The van der Waals surface area contributed by atoms with Crippen LogP contribution in [0.3, 0.4) is 0 Å². The molecule has 0 aromatic rings. The molecule has 0 rings (SSSR count). The third-order valence-electron chi connectivity index (χ3n) is 6.67. The summed E-state index contributed by atoms with van der Waals surface area (Å²) in [6, 6.07) is 0. The van der Waals surface area contributed by atoms with Crippen LogP contribution >= 0.6 is 11.1 Å². The zero-order valence-corrected chi connectivity index (χ0v) is 36.3. The summed E-state index contributed by atoms with van der Waals surface area (Å²) in [6.07, 6.45) is 5.29. The maximum absolute atomic E-state index is 8.53. The van der Waals surface area contributed by atoms with Crippen molar-refractivity contribution in [1.29, 1.82) is 0 Å². The van der Waals surface area contributed by atoms with Crippen LogP contribution in [0.1, 0.15) is 145 Å². The van der Waals surface area contributed by atoms with E-state index in [9.17, 15) is 0 Å². The van der Waals surface area contributed by atoms with Crippen molar-refractivity contribution in [3.8, 4) is 11.5 Å². The van der Waals surface area contributed by atoms with Crippen molar-refractivity contribution >= 4 is 50.9 Å². The molecule has 38 heavy (non-hydrogen) atoms. The summed E-state index contributed by atoms with van der Waals surface area (Å²) in [5.41, 5.74) is 4.04. The first kappa shape index (κ1) is 38.8. The topological polar surface area (TPSA) is 0 Å². The average Bonchev–Trinajstić information content (AvgIpc) is 2.50. The van der Waals surface area contributed by atoms with E-state index in [-0.39, 0.29) is 32.1 Å². The van der Waals surface area contributed by atoms with Gasteiger partial charge >= 0.3 is 260 Å². The van der Waals surface area contributed by atoms with E-state index in [2.05, 4.69) is 169 Å². The Morgan fingerprint density at radius 3 is 0.895 bits per heavy atom. The van der Waals surface area contributed by atoms with E-state index in [1.807, 2.05) is 0 Å². The second kappa shape index (κ2) is 12.2.